The Morgan fingerprint density at radius 1 is 1.21 bits per heavy atom. The van der Waals surface area contributed by atoms with Gasteiger partial charge in [0.2, 0.25) is 0 Å². The van der Waals surface area contributed by atoms with Crippen LogP contribution in [-0.2, 0) is 4.79 Å². The summed E-state index contributed by atoms with van der Waals surface area (Å²) in [5.41, 5.74) is 0.921. The van der Waals surface area contributed by atoms with Crippen molar-refractivity contribution in [2.24, 2.45) is 0 Å². The van der Waals surface area contributed by atoms with Crippen LogP contribution in [-0.4, -0.2) is 32.7 Å². The fraction of sp³-hybridized carbons (Fsp3) is 0.105. The zero-order valence-corrected chi connectivity index (χ0v) is 17.5. The van der Waals surface area contributed by atoms with E-state index < -0.39 is 12.1 Å². The Hall–Kier alpha value is -2.35. The van der Waals surface area contributed by atoms with Crippen LogP contribution in [0.25, 0.3) is 5.69 Å². The Kier molecular flexibility index (Phi) is 6.07. The van der Waals surface area contributed by atoms with Crippen molar-refractivity contribution in [3.05, 3.63) is 74.4 Å². The minimum absolute atomic E-state index is 0.159. The number of benzene rings is 2. The zero-order chi connectivity index (χ0) is 20.4. The van der Waals surface area contributed by atoms with Crippen molar-refractivity contribution < 1.29 is 19.4 Å². The summed E-state index contributed by atoms with van der Waals surface area (Å²) in [7, 11) is 0. The molecule has 144 valence electrons. The van der Waals surface area contributed by atoms with E-state index >= 15 is 0 Å². The normalized spacial score (nSPS) is 11.9. The first-order valence-corrected chi connectivity index (χ1v) is 9.55. The van der Waals surface area contributed by atoms with Gasteiger partial charge in [-0.05, 0) is 37.3 Å². The molecule has 0 aliphatic heterocycles. The van der Waals surface area contributed by atoms with E-state index in [4.69, 9.17) is 33.0 Å². The van der Waals surface area contributed by atoms with Crippen molar-refractivity contribution in [1.29, 1.82) is 0 Å². The number of rotatable bonds is 6. The summed E-state index contributed by atoms with van der Waals surface area (Å²) >= 11 is 15.7. The first-order valence-electron chi connectivity index (χ1n) is 8.00. The van der Waals surface area contributed by atoms with Crippen LogP contribution < -0.4 is 4.74 Å². The van der Waals surface area contributed by atoms with Gasteiger partial charge in [-0.1, -0.05) is 45.2 Å². The van der Waals surface area contributed by atoms with Crippen molar-refractivity contribution in [2.45, 2.75) is 13.0 Å². The minimum atomic E-state index is -1.14. The maximum atomic E-state index is 13.0. The lowest BCUT2D eigenvalue weighted by Gasteiger charge is -2.14. The predicted molar refractivity (Wildman–Crippen MR) is 109 cm³/mol. The summed E-state index contributed by atoms with van der Waals surface area (Å²) in [4.78, 5) is 24.1. The molecule has 0 amide bonds. The number of hydrogen-bond acceptors (Lipinski definition) is 4. The van der Waals surface area contributed by atoms with Gasteiger partial charge < -0.3 is 9.84 Å². The molecule has 2 aromatic carbocycles. The maximum absolute atomic E-state index is 13.0. The number of carboxylic acid groups (broad SMARTS) is 1. The molecule has 1 aromatic heterocycles. The van der Waals surface area contributed by atoms with E-state index in [-0.39, 0.29) is 22.7 Å². The second-order valence-electron chi connectivity index (χ2n) is 5.81. The van der Waals surface area contributed by atoms with E-state index in [9.17, 15) is 9.59 Å². The van der Waals surface area contributed by atoms with Gasteiger partial charge in [0.05, 0.1) is 27.4 Å². The Morgan fingerprint density at radius 3 is 2.54 bits per heavy atom. The Labute approximate surface area is 178 Å². The SMILES string of the molecule is C[C@H](Oc1ccc(Br)cc1C(=O)c1cnn(-c2c(Cl)cccc2Cl)c1)C(=O)O. The summed E-state index contributed by atoms with van der Waals surface area (Å²) in [6.07, 6.45) is 1.77. The van der Waals surface area contributed by atoms with Crippen LogP contribution >= 0.6 is 39.1 Å². The van der Waals surface area contributed by atoms with Gasteiger partial charge in [0.1, 0.15) is 11.4 Å². The molecule has 3 rings (SSSR count). The monoisotopic (exact) mass is 482 g/mol. The molecule has 3 aromatic rings. The van der Waals surface area contributed by atoms with Crippen LogP contribution in [0, 0.1) is 0 Å². The number of carboxylic acids is 1. The van der Waals surface area contributed by atoms with Crippen molar-refractivity contribution >= 4 is 50.9 Å². The number of para-hydroxylation sites is 1. The number of aliphatic carboxylic acids is 1. The first kappa shape index (κ1) is 20.4. The molecule has 0 bridgehead atoms. The molecular formula is C19H13BrCl2N2O4. The average molecular weight is 484 g/mol. The Bertz CT molecular complexity index is 1050. The van der Waals surface area contributed by atoms with Gasteiger partial charge in [-0.15, -0.1) is 0 Å². The van der Waals surface area contributed by atoms with Crippen LogP contribution in [0.4, 0.5) is 0 Å². The number of carbonyl (C=O) groups is 2. The third-order valence-corrected chi connectivity index (χ3v) is 4.95. The van der Waals surface area contributed by atoms with Crippen molar-refractivity contribution in [2.75, 3.05) is 0 Å². The fourth-order valence-corrected chi connectivity index (χ4v) is 3.38. The van der Waals surface area contributed by atoms with E-state index in [1.165, 1.54) is 30.1 Å². The summed E-state index contributed by atoms with van der Waals surface area (Å²) in [6, 6.07) is 9.79. The first-order chi connectivity index (χ1) is 13.3. The highest BCUT2D eigenvalue weighted by Gasteiger charge is 2.21. The molecule has 0 aliphatic carbocycles. The summed E-state index contributed by atoms with van der Waals surface area (Å²) in [5, 5.41) is 14.0. The molecule has 6 nitrogen and oxygen atoms in total. The van der Waals surface area contributed by atoms with E-state index in [1.54, 1.807) is 30.3 Å². The second kappa shape index (κ2) is 8.34. The van der Waals surface area contributed by atoms with E-state index in [0.29, 0.717) is 20.2 Å². The number of ether oxygens (including phenoxy) is 1. The molecule has 9 heteroatoms. The van der Waals surface area contributed by atoms with Gasteiger partial charge >= 0.3 is 5.97 Å². The van der Waals surface area contributed by atoms with E-state index in [1.807, 2.05) is 0 Å². The Morgan fingerprint density at radius 2 is 1.89 bits per heavy atom. The van der Waals surface area contributed by atoms with Gasteiger partial charge in [0, 0.05) is 10.7 Å². The molecule has 1 atom stereocenters. The quantitative estimate of drug-likeness (QED) is 0.497. The molecule has 0 saturated carbocycles. The minimum Gasteiger partial charge on any atom is -0.479 e. The number of aromatic nitrogens is 2. The highest BCUT2D eigenvalue weighted by Crippen LogP contribution is 2.30. The zero-order valence-electron chi connectivity index (χ0n) is 14.4. The molecule has 0 unspecified atom stereocenters. The second-order valence-corrected chi connectivity index (χ2v) is 7.54. The number of carbonyl (C=O) groups excluding carboxylic acids is 1. The number of ketones is 1. The molecule has 1 N–H and O–H groups in total. The highest BCUT2D eigenvalue weighted by molar-refractivity contribution is 9.10. The third-order valence-electron chi connectivity index (χ3n) is 3.85. The standard InChI is InChI=1S/C19H13BrCl2N2O4/c1-10(19(26)27)28-16-6-5-12(20)7-13(16)18(25)11-8-23-24(9-11)17-14(21)3-2-4-15(17)22/h2-10H,1H3,(H,26,27)/t10-/m0/s1. The van der Waals surface area contributed by atoms with Crippen LogP contribution in [0.5, 0.6) is 5.75 Å². The number of hydrogen-bond donors (Lipinski definition) is 1. The van der Waals surface area contributed by atoms with E-state index in [0.717, 1.165) is 0 Å². The number of halogens is 3. The van der Waals surface area contributed by atoms with Crippen LogP contribution in [0.15, 0.2) is 53.3 Å². The lowest BCUT2D eigenvalue weighted by atomic mass is 10.1. The Balaban J connectivity index is 1.99. The molecular weight excluding hydrogens is 471 g/mol. The molecule has 0 spiro atoms. The van der Waals surface area contributed by atoms with Gasteiger partial charge in [-0.2, -0.15) is 5.10 Å². The molecule has 0 saturated heterocycles. The summed E-state index contributed by atoms with van der Waals surface area (Å²) < 4.78 is 7.48. The highest BCUT2D eigenvalue weighted by atomic mass is 79.9. The molecule has 0 fully saturated rings. The van der Waals surface area contributed by atoms with Crippen molar-refractivity contribution in [1.82, 2.24) is 9.78 Å². The van der Waals surface area contributed by atoms with Gasteiger partial charge in [0.25, 0.3) is 0 Å². The van der Waals surface area contributed by atoms with Gasteiger partial charge in [-0.3, -0.25) is 4.79 Å². The largest absolute Gasteiger partial charge is 0.479 e. The topological polar surface area (TPSA) is 81.4 Å². The van der Waals surface area contributed by atoms with Gasteiger partial charge in [0.15, 0.2) is 11.9 Å². The molecule has 0 aliphatic rings. The van der Waals surface area contributed by atoms with Gasteiger partial charge in [-0.25, -0.2) is 9.48 Å². The van der Waals surface area contributed by atoms with Crippen LogP contribution in [0.1, 0.15) is 22.8 Å². The fourth-order valence-electron chi connectivity index (χ4n) is 2.45. The molecule has 1 heterocycles. The molecule has 0 radical (unpaired) electrons. The van der Waals surface area contributed by atoms with Crippen molar-refractivity contribution in [3.8, 4) is 11.4 Å². The lowest BCUT2D eigenvalue weighted by Crippen LogP contribution is -2.23. The third kappa shape index (κ3) is 4.22. The smallest absolute Gasteiger partial charge is 0.344 e. The summed E-state index contributed by atoms with van der Waals surface area (Å²) in [5.74, 6) is -1.36. The average Bonchev–Trinajstić information content (AvgIpc) is 3.12. The lowest BCUT2D eigenvalue weighted by molar-refractivity contribution is -0.144. The van der Waals surface area contributed by atoms with Crippen molar-refractivity contribution in [3.63, 3.8) is 0 Å². The predicted octanol–water partition coefficient (Wildman–Crippen LogP) is 5.02. The van der Waals surface area contributed by atoms with Crippen LogP contribution in [0.3, 0.4) is 0 Å². The summed E-state index contributed by atoms with van der Waals surface area (Å²) in [6.45, 7) is 1.38. The van der Waals surface area contributed by atoms with E-state index in [2.05, 4.69) is 21.0 Å². The van der Waals surface area contributed by atoms with Crippen LogP contribution in [0.2, 0.25) is 10.0 Å². The maximum Gasteiger partial charge on any atom is 0.344 e. The molecule has 28 heavy (non-hydrogen) atoms. The number of nitrogens with zero attached hydrogens (tertiary/aromatic N) is 2.